The molecule has 160 valence electrons. The van der Waals surface area contributed by atoms with Gasteiger partial charge in [0.15, 0.2) is 0 Å². The number of methoxy groups -OCH3 is 1. The number of benzene rings is 2. The van der Waals surface area contributed by atoms with Gasteiger partial charge in [-0.1, -0.05) is 24.3 Å². The summed E-state index contributed by atoms with van der Waals surface area (Å²) in [4.78, 5) is 16.9. The van der Waals surface area contributed by atoms with Gasteiger partial charge in [-0.3, -0.25) is 4.90 Å². The fraction of sp³-hybridized carbons (Fsp3) is 0.458. The van der Waals surface area contributed by atoms with E-state index in [1.807, 2.05) is 41.3 Å². The fourth-order valence-electron chi connectivity index (χ4n) is 5.04. The van der Waals surface area contributed by atoms with Crippen molar-refractivity contribution < 1.29 is 13.9 Å². The number of halogens is 1. The third-order valence-corrected chi connectivity index (χ3v) is 6.96. The quantitative estimate of drug-likeness (QED) is 0.805. The molecule has 0 unspecified atom stereocenters. The van der Waals surface area contributed by atoms with Crippen LogP contribution in [0.15, 0.2) is 48.5 Å². The van der Waals surface area contributed by atoms with Crippen molar-refractivity contribution in [2.75, 3.05) is 27.7 Å². The van der Waals surface area contributed by atoms with Gasteiger partial charge in [-0.15, -0.1) is 0 Å². The Bertz CT molecular complexity index is 888. The second-order valence-electron chi connectivity index (χ2n) is 8.85. The van der Waals surface area contributed by atoms with Crippen molar-refractivity contribution >= 4 is 6.03 Å². The minimum Gasteiger partial charge on any atom is -0.497 e. The van der Waals surface area contributed by atoms with E-state index >= 15 is 0 Å². The number of hydrogen-bond donors (Lipinski definition) is 1. The highest BCUT2D eigenvalue weighted by Crippen LogP contribution is 2.46. The normalized spacial score (nSPS) is 26.3. The first-order chi connectivity index (χ1) is 14.4. The van der Waals surface area contributed by atoms with Crippen LogP contribution in [-0.4, -0.2) is 49.1 Å². The third-order valence-electron chi connectivity index (χ3n) is 6.96. The zero-order valence-electron chi connectivity index (χ0n) is 18.0. The maximum absolute atomic E-state index is 13.5. The molecule has 30 heavy (non-hydrogen) atoms. The fourth-order valence-corrected chi connectivity index (χ4v) is 5.04. The number of nitrogens with zero attached hydrogens (tertiary/aromatic N) is 2. The van der Waals surface area contributed by atoms with Crippen molar-refractivity contribution in [1.29, 1.82) is 0 Å². The minimum atomic E-state index is -0.211. The zero-order chi connectivity index (χ0) is 21.4. The molecule has 0 bridgehead atoms. The number of ether oxygens (including phenoxy) is 1. The van der Waals surface area contributed by atoms with Crippen LogP contribution in [0.2, 0.25) is 0 Å². The molecule has 6 heteroatoms. The number of amides is 2. The second-order valence-corrected chi connectivity index (χ2v) is 8.85. The Labute approximate surface area is 177 Å². The van der Waals surface area contributed by atoms with Crippen LogP contribution >= 0.6 is 0 Å². The van der Waals surface area contributed by atoms with Crippen LogP contribution in [0.4, 0.5) is 9.18 Å². The van der Waals surface area contributed by atoms with E-state index in [1.54, 1.807) is 19.2 Å². The first-order valence-electron chi connectivity index (χ1n) is 10.5. The summed E-state index contributed by atoms with van der Waals surface area (Å²) in [5, 5.41) is 3.28. The number of urea groups is 1. The lowest BCUT2D eigenvalue weighted by Crippen LogP contribution is -2.54. The number of nitrogens with one attached hydrogen (secondary N) is 1. The molecule has 0 atom stereocenters. The van der Waals surface area contributed by atoms with Gasteiger partial charge in [0.1, 0.15) is 11.6 Å². The maximum atomic E-state index is 13.5. The Morgan fingerprint density at radius 1 is 1.03 bits per heavy atom. The average molecular weight is 412 g/mol. The van der Waals surface area contributed by atoms with Crippen molar-refractivity contribution in [1.82, 2.24) is 15.1 Å². The Morgan fingerprint density at radius 3 is 2.23 bits per heavy atom. The largest absolute Gasteiger partial charge is 0.497 e. The van der Waals surface area contributed by atoms with E-state index < -0.39 is 0 Å². The van der Waals surface area contributed by atoms with Crippen LogP contribution in [-0.2, 0) is 12.1 Å². The van der Waals surface area contributed by atoms with Crippen LogP contribution in [0.1, 0.15) is 36.8 Å². The molecule has 0 radical (unpaired) electrons. The van der Waals surface area contributed by atoms with E-state index in [-0.39, 0.29) is 22.9 Å². The molecule has 5 nitrogen and oxygen atoms in total. The third kappa shape index (κ3) is 3.76. The lowest BCUT2D eigenvalue weighted by molar-refractivity contribution is 0.0617. The lowest BCUT2D eigenvalue weighted by Gasteiger charge is -2.48. The van der Waals surface area contributed by atoms with E-state index in [2.05, 4.69) is 24.3 Å². The van der Waals surface area contributed by atoms with Crippen molar-refractivity contribution in [2.45, 2.75) is 43.3 Å². The van der Waals surface area contributed by atoms with E-state index in [4.69, 9.17) is 4.74 Å². The van der Waals surface area contributed by atoms with Crippen molar-refractivity contribution in [2.24, 2.45) is 0 Å². The van der Waals surface area contributed by atoms with Crippen molar-refractivity contribution in [3.63, 3.8) is 0 Å². The van der Waals surface area contributed by atoms with Crippen LogP contribution in [0, 0.1) is 5.82 Å². The molecule has 2 aromatic carbocycles. The maximum Gasteiger partial charge on any atom is 0.318 e. The summed E-state index contributed by atoms with van der Waals surface area (Å²) in [5.74, 6) is 0.603. The van der Waals surface area contributed by atoms with Crippen molar-refractivity contribution in [3.8, 4) is 5.75 Å². The minimum absolute atomic E-state index is 0.00459. The molecule has 2 fully saturated rings. The molecular formula is C24H30FN3O2. The number of carbonyl (C=O) groups is 1. The molecule has 1 N–H and O–H groups in total. The van der Waals surface area contributed by atoms with Gasteiger partial charge in [0.05, 0.1) is 12.6 Å². The zero-order valence-corrected chi connectivity index (χ0v) is 18.0. The lowest BCUT2D eigenvalue weighted by atomic mass is 9.69. The van der Waals surface area contributed by atoms with Crippen LogP contribution in [0.5, 0.6) is 5.75 Å². The standard InChI is InChI=1S/C24H30FN3O2/c1-27(2)24(19-6-8-20(25)9-7-19)14-12-23(13-15-24)17-28(22(29)26-23)16-18-4-10-21(30-3)11-5-18/h4-11H,12-17H2,1-3H3,(H,26,29). The molecule has 1 spiro atoms. The van der Waals surface area contributed by atoms with Gasteiger partial charge >= 0.3 is 6.03 Å². The monoisotopic (exact) mass is 411 g/mol. The molecule has 0 aromatic heterocycles. The Hall–Kier alpha value is -2.60. The molecule has 1 aliphatic carbocycles. The summed E-state index contributed by atoms with van der Waals surface area (Å²) >= 11 is 0. The summed E-state index contributed by atoms with van der Waals surface area (Å²) in [6.45, 7) is 1.30. The van der Waals surface area contributed by atoms with Gasteiger partial charge in [0.2, 0.25) is 0 Å². The Balaban J connectivity index is 1.46. The van der Waals surface area contributed by atoms with Gasteiger partial charge < -0.3 is 15.0 Å². The Morgan fingerprint density at radius 2 is 1.67 bits per heavy atom. The van der Waals surface area contributed by atoms with Crippen LogP contribution in [0.25, 0.3) is 0 Å². The number of hydrogen-bond acceptors (Lipinski definition) is 3. The molecular weight excluding hydrogens is 381 g/mol. The summed E-state index contributed by atoms with van der Waals surface area (Å²) in [5.41, 5.74) is 1.91. The average Bonchev–Trinajstić information content (AvgIpc) is 3.04. The highest BCUT2D eigenvalue weighted by Gasteiger charge is 2.49. The van der Waals surface area contributed by atoms with E-state index in [0.29, 0.717) is 13.1 Å². The van der Waals surface area contributed by atoms with E-state index in [1.165, 1.54) is 0 Å². The van der Waals surface area contributed by atoms with E-state index in [0.717, 1.165) is 42.6 Å². The van der Waals surface area contributed by atoms with Gasteiger partial charge in [-0.2, -0.15) is 0 Å². The number of carbonyl (C=O) groups excluding carboxylic acids is 1. The van der Waals surface area contributed by atoms with Gasteiger partial charge in [0.25, 0.3) is 0 Å². The smallest absolute Gasteiger partial charge is 0.318 e. The van der Waals surface area contributed by atoms with Gasteiger partial charge in [0, 0.05) is 18.6 Å². The molecule has 2 amide bonds. The van der Waals surface area contributed by atoms with E-state index in [9.17, 15) is 9.18 Å². The van der Waals surface area contributed by atoms with Gasteiger partial charge in [-0.05, 0) is 75.2 Å². The topological polar surface area (TPSA) is 44.8 Å². The predicted molar refractivity (Wildman–Crippen MR) is 115 cm³/mol. The van der Waals surface area contributed by atoms with Crippen LogP contribution in [0.3, 0.4) is 0 Å². The SMILES string of the molecule is COc1ccc(CN2CC3(CCC(c4ccc(F)cc4)(N(C)C)CC3)NC2=O)cc1. The first-order valence-corrected chi connectivity index (χ1v) is 10.5. The predicted octanol–water partition coefficient (Wildman–Crippen LogP) is 4.13. The molecule has 1 aliphatic heterocycles. The molecule has 1 saturated heterocycles. The van der Waals surface area contributed by atoms with Gasteiger partial charge in [-0.25, -0.2) is 9.18 Å². The first kappa shape index (κ1) is 20.7. The number of rotatable bonds is 5. The molecule has 1 saturated carbocycles. The molecule has 1 heterocycles. The molecule has 2 aromatic rings. The second kappa shape index (κ2) is 7.91. The summed E-state index contributed by atoms with van der Waals surface area (Å²) in [7, 11) is 5.82. The molecule has 2 aliphatic rings. The summed E-state index contributed by atoms with van der Waals surface area (Å²) in [6.07, 6.45) is 3.63. The highest BCUT2D eigenvalue weighted by molar-refractivity contribution is 5.78. The summed E-state index contributed by atoms with van der Waals surface area (Å²) in [6, 6.07) is 14.7. The Kier molecular flexibility index (Phi) is 5.45. The highest BCUT2D eigenvalue weighted by atomic mass is 19.1. The summed E-state index contributed by atoms with van der Waals surface area (Å²) < 4.78 is 18.7. The van der Waals surface area contributed by atoms with Crippen molar-refractivity contribution in [3.05, 3.63) is 65.5 Å². The molecule has 4 rings (SSSR count). The van der Waals surface area contributed by atoms with Crippen LogP contribution < -0.4 is 10.1 Å².